The van der Waals surface area contributed by atoms with Crippen molar-refractivity contribution >= 4 is 50.9 Å². The van der Waals surface area contributed by atoms with E-state index in [-0.39, 0.29) is 29.8 Å². The first kappa shape index (κ1) is 27.4. The number of carbonyl (C=O) groups is 2. The molecule has 0 unspecified atom stereocenters. The summed E-state index contributed by atoms with van der Waals surface area (Å²) in [4.78, 5) is 40.5. The van der Waals surface area contributed by atoms with Crippen LogP contribution in [-0.4, -0.2) is 50.8 Å². The van der Waals surface area contributed by atoms with Gasteiger partial charge in [-0.15, -0.1) is 11.3 Å². The van der Waals surface area contributed by atoms with Crippen molar-refractivity contribution < 1.29 is 14.0 Å². The van der Waals surface area contributed by atoms with E-state index in [1.807, 2.05) is 33.1 Å². The van der Waals surface area contributed by atoms with Gasteiger partial charge in [0.05, 0.1) is 28.5 Å². The zero-order chi connectivity index (χ0) is 27.4. The van der Waals surface area contributed by atoms with Crippen LogP contribution in [0.5, 0.6) is 0 Å². The van der Waals surface area contributed by atoms with Gasteiger partial charge < -0.3 is 15.5 Å². The lowest BCUT2D eigenvalue weighted by molar-refractivity contribution is 0.0539. The van der Waals surface area contributed by atoms with Crippen LogP contribution in [0.3, 0.4) is 0 Å². The molecule has 3 aromatic heterocycles. The number of fused-ring (bicyclic) bond motifs is 1. The van der Waals surface area contributed by atoms with E-state index in [0.29, 0.717) is 45.1 Å². The number of rotatable bonds is 6. The molecular weight excluding hydrogens is 527 g/mol. The summed E-state index contributed by atoms with van der Waals surface area (Å²) in [6.07, 6.45) is 2.71. The monoisotopic (exact) mass is 554 g/mol. The van der Waals surface area contributed by atoms with Crippen molar-refractivity contribution in [1.82, 2.24) is 25.2 Å². The van der Waals surface area contributed by atoms with E-state index < -0.39 is 5.82 Å². The van der Waals surface area contributed by atoms with Crippen molar-refractivity contribution in [3.8, 4) is 0 Å². The molecule has 0 saturated carbocycles. The molecule has 1 saturated heterocycles. The van der Waals surface area contributed by atoms with E-state index in [9.17, 15) is 14.0 Å². The van der Waals surface area contributed by atoms with Gasteiger partial charge in [-0.2, -0.15) is 0 Å². The summed E-state index contributed by atoms with van der Waals surface area (Å²) >= 11 is 7.39. The molecule has 0 bridgehead atoms. The predicted molar refractivity (Wildman–Crippen MR) is 148 cm³/mol. The number of nitrogens with zero attached hydrogens (tertiary/aromatic N) is 4. The SMILES string of the molecule is CC.Cc1csc2c(C(=O)N3CC(NC(=O)c4cccc(Cl)c4)C3)nc(N[C@@H](C)c3cncc(F)c3)nc12. The standard InChI is InChI=1S/C25H22ClFN6O2S.C2H6/c1-13-12-36-22-20(13)31-25(29-14(2)16-7-18(27)9-28-8-16)32-21(22)24(35)33-10-19(11-33)30-23(34)15-4-3-5-17(26)6-15;1-2/h3-9,12,14,19H,10-11H2,1-2H3,(H,30,34)(H,29,31,32);1-2H3/t14-;/m0./s1. The van der Waals surface area contributed by atoms with Gasteiger partial charge in [-0.1, -0.05) is 31.5 Å². The number of amides is 2. The third-order valence-corrected chi connectivity index (χ3v) is 7.29. The van der Waals surface area contributed by atoms with Crippen LogP contribution in [-0.2, 0) is 0 Å². The summed E-state index contributed by atoms with van der Waals surface area (Å²) in [5, 5.41) is 8.51. The van der Waals surface area contributed by atoms with Crippen LogP contribution in [0.15, 0.2) is 48.1 Å². The second kappa shape index (κ2) is 11.8. The van der Waals surface area contributed by atoms with Crippen LogP contribution < -0.4 is 10.6 Å². The first-order valence-electron chi connectivity index (χ1n) is 12.3. The number of hydrogen-bond acceptors (Lipinski definition) is 7. The smallest absolute Gasteiger partial charge is 0.274 e. The summed E-state index contributed by atoms with van der Waals surface area (Å²) in [5.74, 6) is -0.631. The molecule has 2 N–H and O–H groups in total. The Labute approximate surface area is 229 Å². The van der Waals surface area contributed by atoms with Gasteiger partial charge in [-0.3, -0.25) is 14.6 Å². The highest BCUT2D eigenvalue weighted by molar-refractivity contribution is 7.17. The summed E-state index contributed by atoms with van der Waals surface area (Å²) in [5.41, 5.74) is 3.03. The van der Waals surface area contributed by atoms with E-state index in [1.165, 1.54) is 17.4 Å². The number of pyridine rings is 1. The van der Waals surface area contributed by atoms with Crippen molar-refractivity contribution in [3.63, 3.8) is 0 Å². The Morgan fingerprint density at radius 2 is 1.95 bits per heavy atom. The molecule has 38 heavy (non-hydrogen) atoms. The van der Waals surface area contributed by atoms with E-state index in [2.05, 4.69) is 25.6 Å². The number of likely N-dealkylation sites (tertiary alicyclic amines) is 1. The molecule has 0 radical (unpaired) electrons. The number of thiophene rings is 1. The third-order valence-electron chi connectivity index (χ3n) is 5.96. The summed E-state index contributed by atoms with van der Waals surface area (Å²) in [6, 6.07) is 7.61. The third kappa shape index (κ3) is 5.92. The van der Waals surface area contributed by atoms with Crippen LogP contribution in [0, 0.1) is 12.7 Å². The first-order chi connectivity index (χ1) is 18.3. The Kier molecular flexibility index (Phi) is 8.53. The van der Waals surface area contributed by atoms with Gasteiger partial charge >= 0.3 is 0 Å². The molecule has 4 heterocycles. The number of hydrogen-bond donors (Lipinski definition) is 2. The molecule has 5 rings (SSSR count). The fourth-order valence-corrected chi connectivity index (χ4v) is 5.13. The van der Waals surface area contributed by atoms with Crippen molar-refractivity contribution in [2.45, 2.75) is 39.8 Å². The van der Waals surface area contributed by atoms with E-state index >= 15 is 0 Å². The molecule has 198 valence electrons. The number of aromatic nitrogens is 3. The van der Waals surface area contributed by atoms with Gasteiger partial charge in [-0.05, 0) is 54.6 Å². The molecule has 0 spiro atoms. The normalized spacial score (nSPS) is 13.8. The Bertz CT molecular complexity index is 1470. The molecule has 1 fully saturated rings. The molecule has 1 aliphatic rings. The maximum Gasteiger partial charge on any atom is 0.274 e. The van der Waals surface area contributed by atoms with E-state index in [0.717, 1.165) is 11.8 Å². The zero-order valence-electron chi connectivity index (χ0n) is 21.5. The number of aryl methyl sites for hydroxylation is 1. The average molecular weight is 555 g/mol. The van der Waals surface area contributed by atoms with Crippen LogP contribution >= 0.6 is 22.9 Å². The minimum Gasteiger partial charge on any atom is -0.348 e. The van der Waals surface area contributed by atoms with Crippen LogP contribution in [0.2, 0.25) is 5.02 Å². The summed E-state index contributed by atoms with van der Waals surface area (Å²) in [7, 11) is 0. The van der Waals surface area contributed by atoms with Crippen LogP contribution in [0.1, 0.15) is 58.8 Å². The van der Waals surface area contributed by atoms with E-state index in [1.54, 1.807) is 35.4 Å². The van der Waals surface area contributed by atoms with Gasteiger partial charge in [0.1, 0.15) is 5.82 Å². The summed E-state index contributed by atoms with van der Waals surface area (Å²) < 4.78 is 14.3. The quantitative estimate of drug-likeness (QED) is 0.320. The van der Waals surface area contributed by atoms with Gasteiger partial charge in [0.2, 0.25) is 5.95 Å². The zero-order valence-corrected chi connectivity index (χ0v) is 23.0. The van der Waals surface area contributed by atoms with Crippen LogP contribution in [0.25, 0.3) is 10.2 Å². The van der Waals surface area contributed by atoms with Crippen molar-refractivity contribution in [1.29, 1.82) is 0 Å². The highest BCUT2D eigenvalue weighted by atomic mass is 35.5. The maximum atomic E-state index is 13.6. The molecule has 1 atom stereocenters. The van der Waals surface area contributed by atoms with E-state index in [4.69, 9.17) is 11.6 Å². The van der Waals surface area contributed by atoms with Crippen molar-refractivity contribution in [2.24, 2.45) is 0 Å². The Morgan fingerprint density at radius 1 is 1.18 bits per heavy atom. The number of benzene rings is 1. The molecule has 2 amide bonds. The van der Waals surface area contributed by atoms with Gasteiger partial charge in [0, 0.05) is 29.9 Å². The lowest BCUT2D eigenvalue weighted by Crippen LogP contribution is -2.61. The molecule has 4 aromatic rings. The first-order valence-corrected chi connectivity index (χ1v) is 13.5. The molecule has 1 aromatic carbocycles. The van der Waals surface area contributed by atoms with Gasteiger partial charge in [0.25, 0.3) is 11.8 Å². The fourth-order valence-electron chi connectivity index (χ4n) is 3.97. The predicted octanol–water partition coefficient (Wildman–Crippen LogP) is 5.64. The Morgan fingerprint density at radius 3 is 2.66 bits per heavy atom. The minimum atomic E-state index is -0.433. The highest BCUT2D eigenvalue weighted by Gasteiger charge is 2.34. The number of carbonyl (C=O) groups excluding carboxylic acids is 2. The maximum absolute atomic E-state index is 13.6. The second-order valence-electron chi connectivity index (χ2n) is 8.69. The minimum absolute atomic E-state index is 0.166. The summed E-state index contributed by atoms with van der Waals surface area (Å²) in [6.45, 7) is 8.51. The second-order valence-corrected chi connectivity index (χ2v) is 10.0. The number of anilines is 1. The Balaban J connectivity index is 0.00000164. The number of nitrogens with one attached hydrogen (secondary N) is 2. The lowest BCUT2D eigenvalue weighted by atomic mass is 10.1. The van der Waals surface area contributed by atoms with Crippen LogP contribution in [0.4, 0.5) is 10.3 Å². The molecular formula is C27H28ClFN6O2S. The molecule has 0 aliphatic carbocycles. The molecule has 11 heteroatoms. The van der Waals surface area contributed by atoms with Crippen molar-refractivity contribution in [2.75, 3.05) is 18.4 Å². The Hall–Kier alpha value is -3.63. The van der Waals surface area contributed by atoms with Gasteiger partial charge in [0.15, 0.2) is 5.69 Å². The molecule has 8 nitrogen and oxygen atoms in total. The van der Waals surface area contributed by atoms with Crippen molar-refractivity contribution in [3.05, 3.63) is 81.3 Å². The number of halogens is 2. The van der Waals surface area contributed by atoms with Gasteiger partial charge in [-0.25, -0.2) is 14.4 Å². The topological polar surface area (TPSA) is 100 Å². The lowest BCUT2D eigenvalue weighted by Gasteiger charge is -2.39. The highest BCUT2D eigenvalue weighted by Crippen LogP contribution is 2.30. The molecule has 1 aliphatic heterocycles. The largest absolute Gasteiger partial charge is 0.348 e. The fraction of sp³-hybridized carbons (Fsp3) is 0.296. The average Bonchev–Trinajstić information content (AvgIpc) is 3.26.